The second-order valence-electron chi connectivity index (χ2n) is 5.65. The Morgan fingerprint density at radius 2 is 2.12 bits per heavy atom. The molecular weight excluding hydrogens is 408 g/mol. The highest BCUT2D eigenvalue weighted by Crippen LogP contribution is 2.31. The predicted octanol–water partition coefficient (Wildman–Crippen LogP) is 4.54. The summed E-state index contributed by atoms with van der Waals surface area (Å²) >= 11 is 6.40. The van der Waals surface area contributed by atoms with Crippen molar-refractivity contribution in [1.29, 1.82) is 0 Å². The lowest BCUT2D eigenvalue weighted by Crippen LogP contribution is -2.40. The number of aromatic nitrogens is 2. The molecule has 2 aromatic rings. The second kappa shape index (κ2) is 8.31. The van der Waals surface area contributed by atoms with Gasteiger partial charge in [0, 0.05) is 23.2 Å². The first-order valence-electron chi connectivity index (χ1n) is 7.93. The minimum absolute atomic E-state index is 0.130. The minimum atomic E-state index is -0.130. The first kappa shape index (κ1) is 17.7. The number of hydrogen-bond acceptors (Lipinski definition) is 6. The molecule has 1 N–H and O–H groups in total. The van der Waals surface area contributed by atoms with Crippen molar-refractivity contribution in [1.82, 2.24) is 15.1 Å². The second-order valence-corrected chi connectivity index (χ2v) is 9.14. The van der Waals surface area contributed by atoms with E-state index in [0.29, 0.717) is 0 Å². The summed E-state index contributed by atoms with van der Waals surface area (Å²) in [6, 6.07) is 7.89. The summed E-state index contributed by atoms with van der Waals surface area (Å²) in [4.78, 5) is 14.5. The Morgan fingerprint density at radius 3 is 2.88 bits per heavy atom. The number of anilines is 2. The van der Waals surface area contributed by atoms with Crippen LogP contribution in [0, 0.1) is 0 Å². The minimum Gasteiger partial charge on any atom is -0.342 e. The Kier molecular flexibility index (Phi) is 6.13. The van der Waals surface area contributed by atoms with E-state index in [2.05, 4.69) is 31.4 Å². The van der Waals surface area contributed by atoms with E-state index >= 15 is 0 Å². The van der Waals surface area contributed by atoms with Crippen LogP contribution in [0.2, 0.25) is 0 Å². The molecule has 1 fully saturated rings. The highest BCUT2D eigenvalue weighted by atomic mass is 79.9. The van der Waals surface area contributed by atoms with E-state index < -0.39 is 0 Å². The first-order chi connectivity index (χ1) is 11.6. The monoisotopic (exact) mass is 426 g/mol. The third-order valence-corrected chi connectivity index (χ3v) is 6.28. The highest BCUT2D eigenvalue weighted by molar-refractivity contribution is 9.10. The van der Waals surface area contributed by atoms with E-state index in [1.165, 1.54) is 29.5 Å². The van der Waals surface area contributed by atoms with Gasteiger partial charge in [-0.15, -0.1) is 10.2 Å². The van der Waals surface area contributed by atoms with Gasteiger partial charge in [-0.25, -0.2) is 0 Å². The fourth-order valence-electron chi connectivity index (χ4n) is 2.57. The van der Waals surface area contributed by atoms with Crippen molar-refractivity contribution >= 4 is 55.8 Å². The molecule has 2 heterocycles. The zero-order chi connectivity index (χ0) is 16.9. The van der Waals surface area contributed by atoms with Crippen LogP contribution in [0.3, 0.4) is 0 Å². The van der Waals surface area contributed by atoms with Gasteiger partial charge in [0.25, 0.3) is 0 Å². The molecule has 8 heteroatoms. The summed E-state index contributed by atoms with van der Waals surface area (Å²) in [7, 11) is 0. The van der Waals surface area contributed by atoms with Crippen LogP contribution in [-0.4, -0.2) is 39.3 Å². The molecule has 5 nitrogen and oxygen atoms in total. The summed E-state index contributed by atoms with van der Waals surface area (Å²) in [5.41, 5.74) is 0.953. The van der Waals surface area contributed by atoms with Crippen LogP contribution in [0.25, 0.3) is 0 Å². The van der Waals surface area contributed by atoms with Crippen LogP contribution in [0.1, 0.15) is 26.2 Å². The van der Waals surface area contributed by atoms with Crippen molar-refractivity contribution in [3.63, 3.8) is 0 Å². The maximum absolute atomic E-state index is 12.5. The number of nitrogens with zero attached hydrogens (tertiary/aromatic N) is 3. The Hall–Kier alpha value is -1.12. The SMILES string of the molecule is CC(Sc1nnc(Nc2cccc(Br)c2)s1)C(=O)N1CCCCC1. The van der Waals surface area contributed by atoms with E-state index in [0.717, 1.165) is 45.6 Å². The number of amides is 1. The maximum Gasteiger partial charge on any atom is 0.235 e. The molecule has 1 saturated heterocycles. The fraction of sp³-hybridized carbons (Fsp3) is 0.438. The number of benzene rings is 1. The summed E-state index contributed by atoms with van der Waals surface area (Å²) < 4.78 is 1.82. The van der Waals surface area contributed by atoms with Gasteiger partial charge in [0.1, 0.15) is 0 Å². The van der Waals surface area contributed by atoms with Crippen molar-refractivity contribution in [2.24, 2.45) is 0 Å². The third-order valence-electron chi connectivity index (χ3n) is 3.78. The molecule has 1 atom stereocenters. The van der Waals surface area contributed by atoms with Crippen LogP contribution >= 0.6 is 39.0 Å². The van der Waals surface area contributed by atoms with E-state index in [4.69, 9.17) is 0 Å². The van der Waals surface area contributed by atoms with Crippen LogP contribution in [0.4, 0.5) is 10.8 Å². The van der Waals surface area contributed by atoms with Crippen LogP contribution in [0.5, 0.6) is 0 Å². The van der Waals surface area contributed by atoms with Gasteiger partial charge in [0.15, 0.2) is 4.34 Å². The highest BCUT2D eigenvalue weighted by Gasteiger charge is 2.24. The van der Waals surface area contributed by atoms with Gasteiger partial charge in [0.2, 0.25) is 11.0 Å². The standard InChI is InChI=1S/C16H19BrN4OS2/c1-11(14(22)21-8-3-2-4-9-21)23-16-20-19-15(24-16)18-13-7-5-6-12(17)10-13/h5-7,10-11H,2-4,8-9H2,1H3,(H,18,19). The lowest BCUT2D eigenvalue weighted by Gasteiger charge is -2.28. The van der Waals surface area contributed by atoms with Crippen molar-refractivity contribution < 1.29 is 4.79 Å². The average molecular weight is 427 g/mol. The summed E-state index contributed by atoms with van der Waals surface area (Å²) in [6.45, 7) is 3.72. The third kappa shape index (κ3) is 4.70. The lowest BCUT2D eigenvalue weighted by atomic mass is 10.1. The van der Waals surface area contributed by atoms with Crippen LogP contribution < -0.4 is 5.32 Å². The quantitative estimate of drug-likeness (QED) is 0.711. The average Bonchev–Trinajstić information content (AvgIpc) is 3.02. The van der Waals surface area contributed by atoms with Crippen LogP contribution in [0.15, 0.2) is 33.1 Å². The molecule has 1 aromatic heterocycles. The summed E-state index contributed by atoms with van der Waals surface area (Å²) in [5, 5.41) is 12.2. The predicted molar refractivity (Wildman–Crippen MR) is 103 cm³/mol. The smallest absolute Gasteiger partial charge is 0.235 e. The number of carbonyl (C=O) groups excluding carboxylic acids is 1. The Morgan fingerprint density at radius 1 is 1.33 bits per heavy atom. The molecule has 1 amide bonds. The molecule has 0 bridgehead atoms. The maximum atomic E-state index is 12.5. The molecule has 0 radical (unpaired) electrons. The summed E-state index contributed by atoms with van der Waals surface area (Å²) in [5.74, 6) is 0.205. The zero-order valence-corrected chi connectivity index (χ0v) is 16.6. The van der Waals surface area contributed by atoms with Crippen molar-refractivity contribution in [3.8, 4) is 0 Å². The molecule has 24 heavy (non-hydrogen) atoms. The number of hydrogen-bond donors (Lipinski definition) is 1. The number of likely N-dealkylation sites (tertiary alicyclic amines) is 1. The molecular formula is C16H19BrN4OS2. The van der Waals surface area contributed by atoms with Crippen LogP contribution in [-0.2, 0) is 4.79 Å². The molecule has 1 aliphatic rings. The number of piperidine rings is 1. The molecule has 0 aliphatic carbocycles. The van der Waals surface area contributed by atoms with E-state index in [9.17, 15) is 4.79 Å². The van der Waals surface area contributed by atoms with Crippen molar-refractivity contribution in [2.45, 2.75) is 35.8 Å². The molecule has 1 unspecified atom stereocenters. The van der Waals surface area contributed by atoms with Gasteiger partial charge in [-0.2, -0.15) is 0 Å². The zero-order valence-electron chi connectivity index (χ0n) is 13.4. The van der Waals surface area contributed by atoms with Gasteiger partial charge in [0.05, 0.1) is 5.25 Å². The number of carbonyl (C=O) groups is 1. The Labute approximate surface area is 158 Å². The molecule has 128 valence electrons. The van der Waals surface area contributed by atoms with Gasteiger partial charge in [-0.05, 0) is 44.4 Å². The van der Waals surface area contributed by atoms with Gasteiger partial charge < -0.3 is 10.2 Å². The first-order valence-corrected chi connectivity index (χ1v) is 10.4. The number of rotatable bonds is 5. The van der Waals surface area contributed by atoms with E-state index in [1.807, 2.05) is 36.1 Å². The van der Waals surface area contributed by atoms with E-state index in [1.54, 1.807) is 0 Å². The molecule has 0 spiro atoms. The molecule has 0 saturated carbocycles. The topological polar surface area (TPSA) is 58.1 Å². The molecule has 1 aliphatic heterocycles. The van der Waals surface area contributed by atoms with Gasteiger partial charge in [-0.3, -0.25) is 4.79 Å². The van der Waals surface area contributed by atoms with E-state index in [-0.39, 0.29) is 11.2 Å². The molecule has 3 rings (SSSR count). The van der Waals surface area contributed by atoms with Crippen molar-refractivity contribution in [3.05, 3.63) is 28.7 Å². The molecule has 1 aromatic carbocycles. The summed E-state index contributed by atoms with van der Waals surface area (Å²) in [6.07, 6.45) is 3.46. The van der Waals surface area contributed by atoms with Gasteiger partial charge in [-0.1, -0.05) is 45.1 Å². The Balaban J connectivity index is 1.58. The largest absolute Gasteiger partial charge is 0.342 e. The Bertz CT molecular complexity index is 703. The lowest BCUT2D eigenvalue weighted by molar-refractivity contribution is -0.131. The normalized spacial score (nSPS) is 16.0. The van der Waals surface area contributed by atoms with Crippen molar-refractivity contribution in [2.75, 3.05) is 18.4 Å². The number of halogens is 1. The number of nitrogens with one attached hydrogen (secondary N) is 1. The van der Waals surface area contributed by atoms with Gasteiger partial charge >= 0.3 is 0 Å². The number of thioether (sulfide) groups is 1. The fourth-order valence-corrected chi connectivity index (χ4v) is 4.97.